The molecule has 0 aliphatic carbocycles. The highest BCUT2D eigenvalue weighted by molar-refractivity contribution is 6.29. The molecule has 1 aromatic rings. The average molecular weight is 260 g/mol. The molecule has 1 heterocycles. The van der Waals surface area contributed by atoms with Gasteiger partial charge in [0, 0.05) is 25.8 Å². The van der Waals surface area contributed by atoms with Crippen LogP contribution >= 0.6 is 11.6 Å². The summed E-state index contributed by atoms with van der Waals surface area (Å²) >= 11 is 5.89. The molecule has 1 aromatic heterocycles. The number of ether oxygens (including phenoxy) is 2. The molecule has 0 radical (unpaired) electrons. The van der Waals surface area contributed by atoms with E-state index in [1.807, 2.05) is 13.8 Å². The van der Waals surface area contributed by atoms with Gasteiger partial charge in [-0.3, -0.25) is 0 Å². The summed E-state index contributed by atoms with van der Waals surface area (Å²) in [6.07, 6.45) is 0. The minimum absolute atomic E-state index is 0.372. The van der Waals surface area contributed by atoms with E-state index < -0.39 is 0 Å². The number of rotatable bonds is 8. The Hall–Kier alpha value is -0.910. The van der Waals surface area contributed by atoms with Crippen molar-refractivity contribution >= 4 is 17.4 Å². The second-order valence-corrected chi connectivity index (χ2v) is 3.64. The Morgan fingerprint density at radius 2 is 2.00 bits per heavy atom. The SMILES string of the molecule is CCOCCNc1cc(Cl)nc(COCC)n1. The Kier molecular flexibility index (Phi) is 6.84. The fourth-order valence-electron chi connectivity index (χ4n) is 1.21. The van der Waals surface area contributed by atoms with E-state index in [1.54, 1.807) is 6.07 Å². The van der Waals surface area contributed by atoms with E-state index in [2.05, 4.69) is 15.3 Å². The molecule has 0 unspecified atom stereocenters. The predicted molar refractivity (Wildman–Crippen MR) is 67.4 cm³/mol. The van der Waals surface area contributed by atoms with Gasteiger partial charge in [-0.25, -0.2) is 9.97 Å². The van der Waals surface area contributed by atoms with Crippen LogP contribution < -0.4 is 5.32 Å². The number of nitrogens with zero attached hydrogens (tertiary/aromatic N) is 2. The van der Waals surface area contributed by atoms with Gasteiger partial charge >= 0.3 is 0 Å². The Balaban J connectivity index is 2.50. The van der Waals surface area contributed by atoms with E-state index in [0.717, 1.165) is 0 Å². The van der Waals surface area contributed by atoms with Gasteiger partial charge in [0.05, 0.1) is 6.61 Å². The maximum Gasteiger partial charge on any atom is 0.158 e. The van der Waals surface area contributed by atoms with E-state index in [9.17, 15) is 0 Å². The first-order valence-electron chi connectivity index (χ1n) is 5.69. The molecular formula is C11H18ClN3O2. The van der Waals surface area contributed by atoms with Gasteiger partial charge in [0.15, 0.2) is 5.82 Å². The lowest BCUT2D eigenvalue weighted by molar-refractivity contribution is 0.128. The molecule has 0 aliphatic heterocycles. The molecule has 0 aliphatic rings. The Bertz CT molecular complexity index is 336. The number of aromatic nitrogens is 2. The van der Waals surface area contributed by atoms with Crippen LogP contribution in [-0.2, 0) is 16.1 Å². The summed E-state index contributed by atoms with van der Waals surface area (Å²) in [5.41, 5.74) is 0. The monoisotopic (exact) mass is 259 g/mol. The topological polar surface area (TPSA) is 56.3 Å². The average Bonchev–Trinajstić information content (AvgIpc) is 2.31. The molecule has 0 amide bonds. The van der Waals surface area contributed by atoms with E-state index in [1.165, 1.54) is 0 Å². The van der Waals surface area contributed by atoms with Gasteiger partial charge in [0.2, 0.25) is 0 Å². The van der Waals surface area contributed by atoms with Crippen LogP contribution in [0.2, 0.25) is 5.15 Å². The van der Waals surface area contributed by atoms with Gasteiger partial charge in [-0.05, 0) is 13.8 Å². The third-order valence-electron chi connectivity index (χ3n) is 1.93. The quantitative estimate of drug-likeness (QED) is 0.572. The number of nitrogens with one attached hydrogen (secondary N) is 1. The number of hydrogen-bond donors (Lipinski definition) is 1. The molecule has 0 saturated heterocycles. The molecule has 0 spiro atoms. The van der Waals surface area contributed by atoms with Crippen LogP contribution in [0, 0.1) is 0 Å². The van der Waals surface area contributed by atoms with Crippen molar-refractivity contribution in [1.29, 1.82) is 0 Å². The van der Waals surface area contributed by atoms with Crippen LogP contribution in [0.1, 0.15) is 19.7 Å². The van der Waals surface area contributed by atoms with Crippen molar-refractivity contribution in [2.45, 2.75) is 20.5 Å². The smallest absolute Gasteiger partial charge is 0.158 e. The van der Waals surface area contributed by atoms with Crippen molar-refractivity contribution < 1.29 is 9.47 Å². The maximum atomic E-state index is 5.89. The molecule has 1 N–H and O–H groups in total. The second kappa shape index (κ2) is 8.22. The lowest BCUT2D eigenvalue weighted by Crippen LogP contribution is -2.11. The Morgan fingerprint density at radius 3 is 2.71 bits per heavy atom. The lowest BCUT2D eigenvalue weighted by Gasteiger charge is -2.07. The number of anilines is 1. The summed E-state index contributed by atoms with van der Waals surface area (Å²) in [7, 11) is 0. The highest BCUT2D eigenvalue weighted by Gasteiger charge is 2.02. The van der Waals surface area contributed by atoms with E-state index in [4.69, 9.17) is 21.1 Å². The van der Waals surface area contributed by atoms with Crippen LogP contribution in [0.25, 0.3) is 0 Å². The van der Waals surface area contributed by atoms with Gasteiger partial charge in [-0.15, -0.1) is 0 Å². The van der Waals surface area contributed by atoms with Crippen LogP contribution in [0.5, 0.6) is 0 Å². The standard InChI is InChI=1S/C11H18ClN3O2/c1-3-16-6-5-13-10-7-9(12)14-11(15-10)8-17-4-2/h7H,3-6,8H2,1-2H3,(H,13,14,15). The predicted octanol–water partition coefficient (Wildman–Crippen LogP) is 2.11. The zero-order chi connectivity index (χ0) is 12.5. The molecule has 0 saturated carbocycles. The largest absolute Gasteiger partial charge is 0.380 e. The highest BCUT2D eigenvalue weighted by atomic mass is 35.5. The Morgan fingerprint density at radius 1 is 1.24 bits per heavy atom. The fraction of sp³-hybridized carbons (Fsp3) is 0.636. The van der Waals surface area contributed by atoms with Gasteiger partial charge in [-0.1, -0.05) is 11.6 Å². The molecule has 1 rings (SSSR count). The molecule has 0 fully saturated rings. The number of hydrogen-bond acceptors (Lipinski definition) is 5. The van der Waals surface area contributed by atoms with Crippen LogP contribution in [-0.4, -0.2) is 36.3 Å². The van der Waals surface area contributed by atoms with Crippen molar-refractivity contribution in [3.63, 3.8) is 0 Å². The van der Waals surface area contributed by atoms with Crippen LogP contribution in [0.15, 0.2) is 6.07 Å². The van der Waals surface area contributed by atoms with Crippen molar-refractivity contribution in [2.75, 3.05) is 31.7 Å². The van der Waals surface area contributed by atoms with Gasteiger partial charge in [0.1, 0.15) is 17.6 Å². The summed E-state index contributed by atoms with van der Waals surface area (Å²) in [6, 6.07) is 1.68. The zero-order valence-electron chi connectivity index (χ0n) is 10.2. The van der Waals surface area contributed by atoms with Gasteiger partial charge in [-0.2, -0.15) is 0 Å². The molecule has 6 heteroatoms. The van der Waals surface area contributed by atoms with Crippen LogP contribution in [0.4, 0.5) is 5.82 Å². The molecule has 0 aromatic carbocycles. The second-order valence-electron chi connectivity index (χ2n) is 3.25. The van der Waals surface area contributed by atoms with E-state index in [0.29, 0.717) is 49.8 Å². The van der Waals surface area contributed by atoms with Crippen molar-refractivity contribution in [3.8, 4) is 0 Å². The van der Waals surface area contributed by atoms with Gasteiger partial charge < -0.3 is 14.8 Å². The van der Waals surface area contributed by atoms with Crippen LogP contribution in [0.3, 0.4) is 0 Å². The van der Waals surface area contributed by atoms with Crippen molar-refractivity contribution in [1.82, 2.24) is 9.97 Å². The maximum absolute atomic E-state index is 5.89. The molecule has 5 nitrogen and oxygen atoms in total. The Labute approximate surface area is 107 Å². The zero-order valence-corrected chi connectivity index (χ0v) is 11.0. The fourth-order valence-corrected chi connectivity index (χ4v) is 1.41. The summed E-state index contributed by atoms with van der Waals surface area (Å²) in [4.78, 5) is 8.36. The number of halogens is 1. The first-order valence-corrected chi connectivity index (χ1v) is 6.06. The minimum Gasteiger partial charge on any atom is -0.380 e. The lowest BCUT2D eigenvalue weighted by atomic mass is 10.5. The first kappa shape index (κ1) is 14.2. The van der Waals surface area contributed by atoms with E-state index >= 15 is 0 Å². The normalized spacial score (nSPS) is 10.5. The molecule has 0 atom stereocenters. The minimum atomic E-state index is 0.372. The summed E-state index contributed by atoms with van der Waals surface area (Å²) < 4.78 is 10.5. The highest BCUT2D eigenvalue weighted by Crippen LogP contribution is 2.11. The molecule has 96 valence electrons. The van der Waals surface area contributed by atoms with E-state index in [-0.39, 0.29) is 0 Å². The summed E-state index contributed by atoms with van der Waals surface area (Å²) in [5.74, 6) is 1.28. The summed E-state index contributed by atoms with van der Waals surface area (Å²) in [6.45, 7) is 6.92. The summed E-state index contributed by atoms with van der Waals surface area (Å²) in [5, 5.41) is 3.53. The van der Waals surface area contributed by atoms with Crippen molar-refractivity contribution in [2.24, 2.45) is 0 Å². The van der Waals surface area contributed by atoms with Crippen molar-refractivity contribution in [3.05, 3.63) is 17.0 Å². The first-order chi connectivity index (χ1) is 8.26. The molecule has 17 heavy (non-hydrogen) atoms. The third kappa shape index (κ3) is 5.81. The van der Waals surface area contributed by atoms with Gasteiger partial charge in [0.25, 0.3) is 0 Å². The molecule has 0 bridgehead atoms. The molecular weight excluding hydrogens is 242 g/mol. The third-order valence-corrected chi connectivity index (χ3v) is 2.13.